The fourth-order valence-corrected chi connectivity index (χ4v) is 8.64. The number of aromatic nitrogens is 1. The molecule has 1 atom stereocenters. The summed E-state index contributed by atoms with van der Waals surface area (Å²) < 4.78 is 35.9. The number of rotatable bonds is 19. The first-order valence-corrected chi connectivity index (χ1v) is 21.2. The van der Waals surface area contributed by atoms with E-state index in [0.717, 1.165) is 110 Å². The molecule has 59 heavy (non-hydrogen) atoms. The largest absolute Gasteiger partial charge is 0.494 e. The van der Waals surface area contributed by atoms with Crippen LogP contribution in [0.25, 0.3) is 20.8 Å². The molecule has 7 rings (SSSR count). The summed E-state index contributed by atoms with van der Waals surface area (Å²) >= 11 is 1.72. The normalized spacial score (nSPS) is 15.9. The SMILES string of the molecule is COc1ccc(C2CC(c3cc(OC)c(OC)c(OC)c3)=NN2C(C)=O)cc1OCCCCN1CCN(CCCCOc2ccc(-c3nc4ccccc4s3)cc2)CC1. The molecule has 13 heteroatoms. The quantitative estimate of drug-likeness (QED) is 0.0755. The van der Waals surface area contributed by atoms with E-state index in [4.69, 9.17) is 38.5 Å². The van der Waals surface area contributed by atoms with Crippen LogP contribution in [0.1, 0.15) is 56.2 Å². The van der Waals surface area contributed by atoms with Crippen molar-refractivity contribution in [1.29, 1.82) is 0 Å². The van der Waals surface area contributed by atoms with Crippen molar-refractivity contribution in [1.82, 2.24) is 19.8 Å². The molecular formula is C46H55N5O7S. The van der Waals surface area contributed by atoms with Gasteiger partial charge in [0, 0.05) is 50.7 Å². The van der Waals surface area contributed by atoms with Crippen molar-refractivity contribution >= 4 is 33.2 Å². The molecule has 2 aliphatic rings. The number of hydrogen-bond acceptors (Lipinski definition) is 12. The number of ether oxygens (including phenoxy) is 6. The van der Waals surface area contributed by atoms with Crippen LogP contribution in [0.3, 0.4) is 0 Å². The predicted molar refractivity (Wildman–Crippen MR) is 233 cm³/mol. The molecule has 5 aromatic rings. The van der Waals surface area contributed by atoms with Crippen molar-refractivity contribution in [3.05, 3.63) is 90.0 Å². The number of unbranched alkanes of at least 4 members (excludes halogenated alkanes) is 2. The molecule has 0 saturated carbocycles. The molecule has 1 amide bonds. The van der Waals surface area contributed by atoms with E-state index in [1.807, 2.05) is 36.4 Å². The number of hydrogen-bond donors (Lipinski definition) is 0. The van der Waals surface area contributed by atoms with Gasteiger partial charge in [0.05, 0.1) is 63.6 Å². The Balaban J connectivity index is 0.807. The molecule has 0 bridgehead atoms. The zero-order valence-corrected chi connectivity index (χ0v) is 35.6. The highest BCUT2D eigenvalue weighted by atomic mass is 32.1. The Morgan fingerprint density at radius 3 is 1.95 bits per heavy atom. The first kappa shape index (κ1) is 41.8. The highest BCUT2D eigenvalue weighted by molar-refractivity contribution is 7.21. The van der Waals surface area contributed by atoms with Crippen molar-refractivity contribution in [3.8, 4) is 45.1 Å². The van der Waals surface area contributed by atoms with Crippen molar-refractivity contribution in [2.75, 3.05) is 80.9 Å². The van der Waals surface area contributed by atoms with Gasteiger partial charge >= 0.3 is 0 Å². The van der Waals surface area contributed by atoms with Crippen LogP contribution in [0.2, 0.25) is 0 Å². The minimum absolute atomic E-state index is 0.151. The molecule has 12 nitrogen and oxygen atoms in total. The standard InChI is InChI=1S/C46H55N5O7S/c1-32(52)51-39(31-38(48-51)35-29-42(54-3)45(56-5)43(30-35)55-4)34-16-19-40(53-2)41(28-34)58-27-11-9-21-50-24-22-49(23-25-50)20-8-10-26-57-36-17-14-33(15-18-36)46-47-37-12-6-7-13-44(37)59-46/h6-7,12-19,28-30,39H,8-11,20-27,31H2,1-5H3. The fraction of sp³-hybridized carbons (Fsp3) is 0.413. The van der Waals surface area contributed by atoms with Crippen LogP contribution in [0, 0.1) is 0 Å². The number of nitrogens with zero attached hydrogens (tertiary/aromatic N) is 5. The number of hydrazone groups is 1. The molecule has 1 aromatic heterocycles. The topological polar surface area (TPSA) is 107 Å². The van der Waals surface area contributed by atoms with Crippen molar-refractivity contribution in [2.24, 2.45) is 5.10 Å². The third kappa shape index (κ3) is 10.3. The highest BCUT2D eigenvalue weighted by Crippen LogP contribution is 2.42. The minimum Gasteiger partial charge on any atom is -0.494 e. The van der Waals surface area contributed by atoms with E-state index < -0.39 is 0 Å². The van der Waals surface area contributed by atoms with Gasteiger partial charge in [-0.3, -0.25) is 4.79 Å². The number of benzene rings is 4. The van der Waals surface area contributed by atoms with Gasteiger partial charge in [-0.2, -0.15) is 5.10 Å². The average Bonchev–Trinajstić information content (AvgIpc) is 3.92. The summed E-state index contributed by atoms with van der Waals surface area (Å²) in [6.07, 6.45) is 4.64. The van der Waals surface area contributed by atoms with Crippen LogP contribution < -0.4 is 28.4 Å². The summed E-state index contributed by atoms with van der Waals surface area (Å²) in [6.45, 7) is 9.34. The molecule has 2 aliphatic heterocycles. The maximum Gasteiger partial charge on any atom is 0.240 e. The van der Waals surface area contributed by atoms with Crippen molar-refractivity contribution in [2.45, 2.75) is 45.1 Å². The lowest BCUT2D eigenvalue weighted by Crippen LogP contribution is -2.46. The number of carbonyl (C=O) groups is 1. The van der Waals surface area contributed by atoms with Gasteiger partial charge in [-0.25, -0.2) is 9.99 Å². The number of piperazine rings is 1. The van der Waals surface area contributed by atoms with Crippen LogP contribution in [0.5, 0.6) is 34.5 Å². The maximum atomic E-state index is 12.8. The minimum atomic E-state index is -0.304. The lowest BCUT2D eigenvalue weighted by molar-refractivity contribution is -0.130. The van der Waals surface area contributed by atoms with Crippen molar-refractivity contribution < 1.29 is 33.2 Å². The molecule has 0 N–H and O–H groups in total. The second-order valence-corrected chi connectivity index (χ2v) is 15.8. The Bertz CT molecular complexity index is 2140. The van der Waals surface area contributed by atoms with Gasteiger partial charge in [0.2, 0.25) is 11.7 Å². The third-order valence-electron chi connectivity index (χ3n) is 10.9. The Kier molecular flexibility index (Phi) is 14.2. The molecule has 1 unspecified atom stereocenters. The first-order valence-electron chi connectivity index (χ1n) is 20.4. The van der Waals surface area contributed by atoms with Gasteiger partial charge < -0.3 is 38.2 Å². The van der Waals surface area contributed by atoms with Gasteiger partial charge in [0.25, 0.3) is 0 Å². The lowest BCUT2D eigenvalue weighted by atomic mass is 9.97. The Hall–Kier alpha value is -5.37. The van der Waals surface area contributed by atoms with E-state index in [0.29, 0.717) is 41.8 Å². The number of carbonyl (C=O) groups excluding carboxylic acids is 1. The molecular weight excluding hydrogens is 767 g/mol. The Morgan fingerprint density at radius 2 is 1.34 bits per heavy atom. The molecule has 0 spiro atoms. The zero-order chi connectivity index (χ0) is 41.1. The molecule has 312 valence electrons. The number of fused-ring (bicyclic) bond motifs is 1. The van der Waals surface area contributed by atoms with E-state index in [9.17, 15) is 4.79 Å². The van der Waals surface area contributed by atoms with E-state index in [2.05, 4.69) is 52.3 Å². The van der Waals surface area contributed by atoms with Crippen LogP contribution in [0.15, 0.2) is 84.0 Å². The van der Waals surface area contributed by atoms with E-state index in [1.54, 1.807) is 39.8 Å². The second-order valence-electron chi connectivity index (χ2n) is 14.8. The van der Waals surface area contributed by atoms with E-state index >= 15 is 0 Å². The lowest BCUT2D eigenvalue weighted by Gasteiger charge is -2.34. The maximum absolute atomic E-state index is 12.8. The second kappa shape index (κ2) is 20.1. The van der Waals surface area contributed by atoms with Gasteiger partial charge in [0.15, 0.2) is 23.0 Å². The summed E-state index contributed by atoms with van der Waals surface area (Å²) in [5.41, 5.74) is 4.62. The molecule has 1 fully saturated rings. The fourth-order valence-electron chi connectivity index (χ4n) is 7.67. The van der Waals surface area contributed by atoms with Gasteiger partial charge in [0.1, 0.15) is 10.8 Å². The third-order valence-corrected chi connectivity index (χ3v) is 12.0. The molecule has 4 aromatic carbocycles. The van der Waals surface area contributed by atoms with Crippen LogP contribution >= 0.6 is 11.3 Å². The monoisotopic (exact) mass is 821 g/mol. The number of amides is 1. The van der Waals surface area contributed by atoms with Crippen molar-refractivity contribution in [3.63, 3.8) is 0 Å². The average molecular weight is 822 g/mol. The Morgan fingerprint density at radius 1 is 0.695 bits per heavy atom. The summed E-state index contributed by atoms with van der Waals surface area (Å²) in [6, 6.07) is 25.8. The van der Waals surface area contributed by atoms with E-state index in [-0.39, 0.29) is 11.9 Å². The number of para-hydroxylation sites is 1. The van der Waals surface area contributed by atoms with Gasteiger partial charge in [-0.05, 0) is 105 Å². The molecule has 3 heterocycles. The summed E-state index contributed by atoms with van der Waals surface area (Å²) in [7, 11) is 6.37. The van der Waals surface area contributed by atoms with Gasteiger partial charge in [-0.1, -0.05) is 18.2 Å². The van der Waals surface area contributed by atoms with Crippen LogP contribution in [0.4, 0.5) is 0 Å². The summed E-state index contributed by atoms with van der Waals surface area (Å²) in [5, 5.41) is 7.31. The zero-order valence-electron chi connectivity index (χ0n) is 34.8. The van der Waals surface area contributed by atoms with Crippen LogP contribution in [-0.2, 0) is 4.79 Å². The summed E-state index contributed by atoms with van der Waals surface area (Å²) in [4.78, 5) is 22.7. The van der Waals surface area contributed by atoms with Gasteiger partial charge in [-0.15, -0.1) is 11.3 Å². The molecule has 1 saturated heterocycles. The summed E-state index contributed by atoms with van der Waals surface area (Å²) in [5.74, 6) is 3.63. The number of methoxy groups -OCH3 is 4. The highest BCUT2D eigenvalue weighted by Gasteiger charge is 2.33. The Labute approximate surface area is 351 Å². The van der Waals surface area contributed by atoms with Crippen LogP contribution in [-0.4, -0.2) is 112 Å². The van der Waals surface area contributed by atoms with E-state index in [1.165, 1.54) is 16.6 Å². The number of thiazole rings is 1. The first-order chi connectivity index (χ1) is 28.9. The predicted octanol–water partition coefficient (Wildman–Crippen LogP) is 8.33. The molecule has 0 radical (unpaired) electrons. The molecule has 0 aliphatic carbocycles. The smallest absolute Gasteiger partial charge is 0.240 e.